The van der Waals surface area contributed by atoms with Crippen molar-refractivity contribution in [2.24, 2.45) is 0 Å². The molecule has 186 valence electrons. The number of benzene rings is 2. The number of carbonyl (C=O) groups is 3. The van der Waals surface area contributed by atoms with Crippen LogP contribution in [0.15, 0.2) is 42.5 Å². The van der Waals surface area contributed by atoms with E-state index in [4.69, 9.17) is 18.9 Å². The first kappa shape index (κ1) is 24.5. The molecule has 0 bridgehead atoms. The molecule has 1 atom stereocenters. The van der Waals surface area contributed by atoms with E-state index in [1.807, 2.05) is 18.2 Å². The van der Waals surface area contributed by atoms with Gasteiger partial charge in [-0.2, -0.15) is 0 Å². The molecule has 2 aromatic rings. The summed E-state index contributed by atoms with van der Waals surface area (Å²) in [5.74, 6) is -0.395. The van der Waals surface area contributed by atoms with Crippen molar-refractivity contribution >= 4 is 17.8 Å². The van der Waals surface area contributed by atoms with Crippen LogP contribution in [0.1, 0.15) is 28.4 Å². The highest BCUT2D eigenvalue weighted by Crippen LogP contribution is 2.29. The number of amides is 2. The third-order valence-corrected chi connectivity index (χ3v) is 6.19. The van der Waals surface area contributed by atoms with E-state index < -0.39 is 12.1 Å². The van der Waals surface area contributed by atoms with Crippen LogP contribution in [0.25, 0.3) is 0 Å². The molecule has 2 aliphatic rings. The van der Waals surface area contributed by atoms with Gasteiger partial charge in [0.2, 0.25) is 0 Å². The zero-order chi connectivity index (χ0) is 24.8. The molecule has 9 nitrogen and oxygen atoms in total. The van der Waals surface area contributed by atoms with Crippen molar-refractivity contribution in [3.05, 3.63) is 59.2 Å². The van der Waals surface area contributed by atoms with Gasteiger partial charge < -0.3 is 28.7 Å². The van der Waals surface area contributed by atoms with Crippen LogP contribution in [0, 0.1) is 0 Å². The highest BCUT2D eigenvalue weighted by atomic mass is 16.5. The lowest BCUT2D eigenvalue weighted by Gasteiger charge is -2.30. The number of rotatable bonds is 7. The van der Waals surface area contributed by atoms with Gasteiger partial charge in [-0.05, 0) is 42.7 Å². The number of ether oxygens (including phenoxy) is 4. The summed E-state index contributed by atoms with van der Waals surface area (Å²) in [5, 5.41) is 0. The van der Waals surface area contributed by atoms with E-state index in [1.54, 1.807) is 22.8 Å². The molecule has 0 radical (unpaired) electrons. The molecule has 0 aromatic heterocycles. The third-order valence-electron chi connectivity index (χ3n) is 6.19. The van der Waals surface area contributed by atoms with Gasteiger partial charge in [-0.25, -0.2) is 4.79 Å². The van der Waals surface area contributed by atoms with E-state index in [9.17, 15) is 14.4 Å². The number of morpholine rings is 1. The van der Waals surface area contributed by atoms with Crippen LogP contribution >= 0.6 is 0 Å². The summed E-state index contributed by atoms with van der Waals surface area (Å²) >= 11 is 0. The Labute approximate surface area is 204 Å². The maximum absolute atomic E-state index is 12.9. The van der Waals surface area contributed by atoms with Crippen LogP contribution in [-0.4, -0.2) is 80.3 Å². The smallest absolute Gasteiger partial charge is 0.339 e. The monoisotopic (exact) mass is 482 g/mol. The van der Waals surface area contributed by atoms with Crippen molar-refractivity contribution < 1.29 is 33.3 Å². The predicted molar refractivity (Wildman–Crippen MR) is 126 cm³/mol. The van der Waals surface area contributed by atoms with Crippen LogP contribution in [0.3, 0.4) is 0 Å². The van der Waals surface area contributed by atoms with Crippen molar-refractivity contribution in [1.29, 1.82) is 0 Å². The van der Waals surface area contributed by atoms with Crippen molar-refractivity contribution in [2.75, 3.05) is 46.6 Å². The largest absolute Gasteiger partial charge is 0.493 e. The molecule has 0 aliphatic carbocycles. The lowest BCUT2D eigenvalue weighted by atomic mass is 9.99. The van der Waals surface area contributed by atoms with E-state index in [0.717, 1.165) is 12.0 Å². The molecule has 2 amide bonds. The first-order chi connectivity index (χ1) is 17.0. The van der Waals surface area contributed by atoms with Crippen molar-refractivity contribution in [1.82, 2.24) is 9.80 Å². The Balaban J connectivity index is 1.34. The molecule has 0 N–H and O–H groups in total. The molecule has 1 fully saturated rings. The first-order valence-corrected chi connectivity index (χ1v) is 11.7. The molecule has 0 unspecified atom stereocenters. The molecular weight excluding hydrogens is 452 g/mol. The lowest BCUT2D eigenvalue weighted by Crippen LogP contribution is -2.43. The summed E-state index contributed by atoms with van der Waals surface area (Å²) < 4.78 is 21.7. The average molecular weight is 483 g/mol. The molecule has 0 saturated carbocycles. The van der Waals surface area contributed by atoms with Crippen molar-refractivity contribution in [3.8, 4) is 11.5 Å². The molecule has 4 rings (SSSR count). The summed E-state index contributed by atoms with van der Waals surface area (Å²) in [5.41, 5.74) is 2.57. The van der Waals surface area contributed by atoms with Crippen LogP contribution in [-0.2, 0) is 32.0 Å². The summed E-state index contributed by atoms with van der Waals surface area (Å²) in [7, 11) is 1.45. The molecule has 1 saturated heterocycles. The van der Waals surface area contributed by atoms with E-state index in [1.165, 1.54) is 24.8 Å². The lowest BCUT2D eigenvalue weighted by molar-refractivity contribution is -0.140. The Hall–Kier alpha value is -3.59. The van der Waals surface area contributed by atoms with Crippen LogP contribution in [0.4, 0.5) is 0 Å². The Morgan fingerprint density at radius 1 is 0.971 bits per heavy atom. The maximum atomic E-state index is 12.9. The van der Waals surface area contributed by atoms with Gasteiger partial charge >= 0.3 is 5.97 Å². The second kappa shape index (κ2) is 11.2. The summed E-state index contributed by atoms with van der Waals surface area (Å²) in [6.45, 7) is 4.60. The summed E-state index contributed by atoms with van der Waals surface area (Å²) in [6.07, 6.45) is -0.157. The fourth-order valence-corrected chi connectivity index (χ4v) is 4.18. The Morgan fingerprint density at radius 3 is 2.46 bits per heavy atom. The van der Waals surface area contributed by atoms with Gasteiger partial charge in [0.05, 0.1) is 25.9 Å². The van der Waals surface area contributed by atoms with Crippen LogP contribution < -0.4 is 9.47 Å². The van der Waals surface area contributed by atoms with E-state index >= 15 is 0 Å². The SMILES string of the molecule is COc1cc(C(=O)O[C@H](C)C(=O)N2CCc3ccccc3C2)ccc1OCC(=O)N1CCOCC1. The molecule has 9 heteroatoms. The molecule has 2 aromatic carbocycles. The van der Waals surface area contributed by atoms with Gasteiger partial charge in [0.25, 0.3) is 11.8 Å². The Morgan fingerprint density at radius 2 is 1.71 bits per heavy atom. The number of fused-ring (bicyclic) bond motifs is 1. The number of hydrogen-bond acceptors (Lipinski definition) is 7. The first-order valence-electron chi connectivity index (χ1n) is 11.7. The molecule has 0 spiro atoms. The van der Waals surface area contributed by atoms with Crippen molar-refractivity contribution in [3.63, 3.8) is 0 Å². The standard InChI is InChI=1S/C26H30N2O7/c1-18(25(30)28-10-9-19-5-3-4-6-21(19)16-28)35-26(31)20-7-8-22(23(15-20)32-2)34-17-24(29)27-11-13-33-14-12-27/h3-8,15,18H,9-14,16-17H2,1-2H3/t18-/m1/s1. The fraction of sp³-hybridized carbons (Fsp3) is 0.423. The van der Waals surface area contributed by atoms with E-state index in [2.05, 4.69) is 6.07 Å². The summed E-state index contributed by atoms with van der Waals surface area (Å²) in [6, 6.07) is 12.6. The highest BCUT2D eigenvalue weighted by molar-refractivity contribution is 5.93. The normalized spacial score (nSPS) is 16.2. The number of hydrogen-bond donors (Lipinski definition) is 0. The van der Waals surface area contributed by atoms with Gasteiger partial charge in [0.15, 0.2) is 24.2 Å². The number of methoxy groups -OCH3 is 1. The topological polar surface area (TPSA) is 94.6 Å². The average Bonchev–Trinajstić information content (AvgIpc) is 2.91. The highest BCUT2D eigenvalue weighted by Gasteiger charge is 2.27. The quantitative estimate of drug-likeness (QED) is 0.558. The Bertz CT molecular complexity index is 1080. The van der Waals surface area contributed by atoms with Crippen LogP contribution in [0.2, 0.25) is 0 Å². The molecular formula is C26H30N2O7. The zero-order valence-corrected chi connectivity index (χ0v) is 20.0. The number of carbonyl (C=O) groups excluding carboxylic acids is 3. The molecule has 2 heterocycles. The van der Waals surface area contributed by atoms with E-state index in [0.29, 0.717) is 50.9 Å². The van der Waals surface area contributed by atoms with Gasteiger partial charge in [0.1, 0.15) is 0 Å². The van der Waals surface area contributed by atoms with Crippen molar-refractivity contribution in [2.45, 2.75) is 26.0 Å². The number of esters is 1. The number of nitrogens with zero attached hydrogens (tertiary/aromatic N) is 2. The third kappa shape index (κ3) is 5.92. The maximum Gasteiger partial charge on any atom is 0.339 e. The Kier molecular flexibility index (Phi) is 7.87. The second-order valence-corrected chi connectivity index (χ2v) is 8.47. The predicted octanol–water partition coefficient (Wildman–Crippen LogP) is 2.06. The van der Waals surface area contributed by atoms with Gasteiger partial charge in [-0.1, -0.05) is 24.3 Å². The minimum absolute atomic E-state index is 0.147. The van der Waals surface area contributed by atoms with Gasteiger partial charge in [-0.15, -0.1) is 0 Å². The van der Waals surface area contributed by atoms with Crippen LogP contribution in [0.5, 0.6) is 11.5 Å². The van der Waals surface area contributed by atoms with Gasteiger partial charge in [0, 0.05) is 26.2 Å². The van der Waals surface area contributed by atoms with Gasteiger partial charge in [-0.3, -0.25) is 9.59 Å². The molecule has 2 aliphatic heterocycles. The van der Waals surface area contributed by atoms with E-state index in [-0.39, 0.29) is 24.0 Å². The second-order valence-electron chi connectivity index (χ2n) is 8.47. The minimum Gasteiger partial charge on any atom is -0.493 e. The minimum atomic E-state index is -0.930. The zero-order valence-electron chi connectivity index (χ0n) is 20.0. The molecule has 35 heavy (non-hydrogen) atoms. The summed E-state index contributed by atoms with van der Waals surface area (Å²) in [4.78, 5) is 41.3. The fourth-order valence-electron chi connectivity index (χ4n) is 4.18.